The summed E-state index contributed by atoms with van der Waals surface area (Å²) in [5.74, 6) is -0.414. The Hall–Kier alpha value is -2.76. The Morgan fingerprint density at radius 1 is 1.18 bits per heavy atom. The van der Waals surface area contributed by atoms with Crippen molar-refractivity contribution in [3.63, 3.8) is 0 Å². The van der Waals surface area contributed by atoms with Gasteiger partial charge >= 0.3 is 5.97 Å². The van der Waals surface area contributed by atoms with Crippen LogP contribution in [0.3, 0.4) is 0 Å². The molecule has 1 aliphatic heterocycles. The van der Waals surface area contributed by atoms with Gasteiger partial charge in [-0.2, -0.15) is 0 Å². The molecule has 148 valence electrons. The van der Waals surface area contributed by atoms with Gasteiger partial charge in [0.15, 0.2) is 0 Å². The third-order valence-corrected chi connectivity index (χ3v) is 5.08. The predicted molar refractivity (Wildman–Crippen MR) is 107 cm³/mol. The van der Waals surface area contributed by atoms with Gasteiger partial charge in [0.1, 0.15) is 0 Å². The molecule has 1 aromatic heterocycles. The highest BCUT2D eigenvalue weighted by atomic mass is 16.4. The molecular weight excluding hydrogens is 354 g/mol. The summed E-state index contributed by atoms with van der Waals surface area (Å²) >= 11 is 0. The number of hydrogen-bond acceptors (Lipinski definition) is 4. The van der Waals surface area contributed by atoms with Gasteiger partial charge < -0.3 is 10.0 Å². The van der Waals surface area contributed by atoms with Gasteiger partial charge in [-0.3, -0.25) is 14.8 Å². The van der Waals surface area contributed by atoms with E-state index in [1.165, 1.54) is 0 Å². The average molecular weight is 381 g/mol. The van der Waals surface area contributed by atoms with Gasteiger partial charge in [0.2, 0.25) is 5.91 Å². The first-order chi connectivity index (χ1) is 13.3. The highest BCUT2D eigenvalue weighted by Gasteiger charge is 2.31. The van der Waals surface area contributed by atoms with Crippen molar-refractivity contribution in [2.24, 2.45) is 11.3 Å². The van der Waals surface area contributed by atoms with Crippen LogP contribution in [0.25, 0.3) is 11.3 Å². The Morgan fingerprint density at radius 3 is 2.57 bits per heavy atom. The molecule has 1 saturated heterocycles. The van der Waals surface area contributed by atoms with Crippen molar-refractivity contribution in [3.8, 4) is 11.3 Å². The molecule has 1 aromatic carbocycles. The molecule has 1 amide bonds. The first kappa shape index (κ1) is 20.0. The number of carbonyl (C=O) groups is 2. The maximum atomic E-state index is 12.6. The highest BCUT2D eigenvalue weighted by molar-refractivity contribution is 5.95. The molecule has 1 N–H and O–H groups in total. The quantitative estimate of drug-likeness (QED) is 0.874. The molecule has 6 nitrogen and oxygen atoms in total. The fraction of sp³-hybridized carbons (Fsp3) is 0.455. The first-order valence-electron chi connectivity index (χ1n) is 9.68. The predicted octanol–water partition coefficient (Wildman–Crippen LogP) is 3.67. The smallest absolute Gasteiger partial charge is 0.336 e. The van der Waals surface area contributed by atoms with Crippen molar-refractivity contribution >= 4 is 11.9 Å². The van der Waals surface area contributed by atoms with E-state index < -0.39 is 5.97 Å². The van der Waals surface area contributed by atoms with Crippen LogP contribution in [0.15, 0.2) is 36.7 Å². The van der Waals surface area contributed by atoms with Crippen LogP contribution >= 0.6 is 0 Å². The Kier molecular flexibility index (Phi) is 5.77. The molecule has 3 rings (SSSR count). The van der Waals surface area contributed by atoms with Gasteiger partial charge in [-0.05, 0) is 31.2 Å². The number of likely N-dealkylation sites (tertiary alicyclic amines) is 1. The lowest BCUT2D eigenvalue weighted by Crippen LogP contribution is -2.45. The van der Waals surface area contributed by atoms with Crippen molar-refractivity contribution in [3.05, 3.63) is 47.9 Å². The van der Waals surface area contributed by atoms with Crippen molar-refractivity contribution < 1.29 is 14.7 Å². The molecule has 6 heteroatoms. The minimum Gasteiger partial charge on any atom is -0.478 e. The Balaban J connectivity index is 1.70. The molecule has 0 radical (unpaired) electrons. The molecular formula is C22H27N3O3. The Morgan fingerprint density at radius 2 is 1.93 bits per heavy atom. The standard InChI is InChI=1S/C22H27N3O3/c1-22(2,3)21(28)25-10-6-7-15(14-25)11-16-12-24-19(13-23-16)17-8-4-5-9-18(17)20(26)27/h4-5,8-9,12-13,15H,6-7,10-11,14H2,1-3H3,(H,26,27)/t15-/m0/s1. The number of nitrogens with zero attached hydrogens (tertiary/aromatic N) is 3. The van der Waals surface area contributed by atoms with Gasteiger partial charge in [-0.15, -0.1) is 0 Å². The minimum atomic E-state index is -0.979. The molecule has 1 fully saturated rings. The monoisotopic (exact) mass is 381 g/mol. The molecule has 2 heterocycles. The van der Waals surface area contributed by atoms with E-state index in [0.29, 0.717) is 17.2 Å². The lowest BCUT2D eigenvalue weighted by molar-refractivity contribution is -0.141. The van der Waals surface area contributed by atoms with Gasteiger partial charge in [0, 0.05) is 30.3 Å². The van der Waals surface area contributed by atoms with E-state index in [2.05, 4.69) is 9.97 Å². The second kappa shape index (κ2) is 8.09. The first-order valence-corrected chi connectivity index (χ1v) is 9.68. The van der Waals surface area contributed by atoms with E-state index in [0.717, 1.165) is 38.0 Å². The zero-order valence-electron chi connectivity index (χ0n) is 16.7. The normalized spacial score (nSPS) is 17.4. The van der Waals surface area contributed by atoms with Crippen LogP contribution in [-0.4, -0.2) is 44.9 Å². The summed E-state index contributed by atoms with van der Waals surface area (Å²) in [7, 11) is 0. The Labute approximate surface area is 165 Å². The van der Waals surface area contributed by atoms with E-state index in [-0.39, 0.29) is 16.9 Å². The van der Waals surface area contributed by atoms with Crippen LogP contribution < -0.4 is 0 Å². The number of amides is 1. The topological polar surface area (TPSA) is 83.4 Å². The summed E-state index contributed by atoms with van der Waals surface area (Å²) in [5.41, 5.74) is 1.84. The summed E-state index contributed by atoms with van der Waals surface area (Å²) < 4.78 is 0. The van der Waals surface area contributed by atoms with E-state index in [1.807, 2.05) is 25.7 Å². The number of carboxylic acid groups (broad SMARTS) is 1. The lowest BCUT2D eigenvalue weighted by atomic mass is 9.89. The molecule has 0 aliphatic carbocycles. The molecule has 28 heavy (non-hydrogen) atoms. The minimum absolute atomic E-state index is 0.198. The number of benzene rings is 1. The fourth-order valence-corrected chi connectivity index (χ4v) is 3.68. The lowest BCUT2D eigenvalue weighted by Gasteiger charge is -2.36. The number of carbonyl (C=O) groups excluding carboxylic acids is 1. The van der Waals surface area contributed by atoms with Crippen LogP contribution in [0, 0.1) is 11.3 Å². The highest BCUT2D eigenvalue weighted by Crippen LogP contribution is 2.26. The van der Waals surface area contributed by atoms with Crippen LogP contribution in [0.2, 0.25) is 0 Å². The molecule has 0 saturated carbocycles. The average Bonchev–Trinajstić information content (AvgIpc) is 2.67. The summed E-state index contributed by atoms with van der Waals surface area (Å²) in [4.78, 5) is 34.9. The Bertz CT molecular complexity index is 856. The van der Waals surface area contributed by atoms with E-state index >= 15 is 0 Å². The molecule has 0 spiro atoms. The maximum absolute atomic E-state index is 12.6. The zero-order valence-corrected chi connectivity index (χ0v) is 16.7. The fourth-order valence-electron chi connectivity index (χ4n) is 3.68. The number of carboxylic acids is 1. The number of rotatable bonds is 4. The van der Waals surface area contributed by atoms with Gasteiger partial charge in [0.25, 0.3) is 0 Å². The van der Waals surface area contributed by atoms with Crippen LogP contribution in [0.4, 0.5) is 0 Å². The number of piperidine rings is 1. The number of aromatic nitrogens is 2. The van der Waals surface area contributed by atoms with Crippen LogP contribution in [-0.2, 0) is 11.2 Å². The summed E-state index contributed by atoms with van der Waals surface area (Å²) in [6.45, 7) is 7.44. The van der Waals surface area contributed by atoms with Crippen molar-refractivity contribution in [2.45, 2.75) is 40.0 Å². The van der Waals surface area contributed by atoms with Gasteiger partial charge in [-0.25, -0.2) is 4.79 Å². The second-order valence-electron chi connectivity index (χ2n) is 8.46. The largest absolute Gasteiger partial charge is 0.478 e. The summed E-state index contributed by atoms with van der Waals surface area (Å²) in [5, 5.41) is 9.34. The van der Waals surface area contributed by atoms with Crippen molar-refractivity contribution in [1.29, 1.82) is 0 Å². The molecule has 1 atom stereocenters. The van der Waals surface area contributed by atoms with Crippen LogP contribution in [0.5, 0.6) is 0 Å². The van der Waals surface area contributed by atoms with Crippen molar-refractivity contribution in [2.75, 3.05) is 13.1 Å². The van der Waals surface area contributed by atoms with Gasteiger partial charge in [-0.1, -0.05) is 39.0 Å². The molecule has 0 bridgehead atoms. The summed E-state index contributed by atoms with van der Waals surface area (Å²) in [6.07, 6.45) is 6.20. The maximum Gasteiger partial charge on any atom is 0.336 e. The molecule has 0 unspecified atom stereocenters. The molecule has 2 aromatic rings. The number of aromatic carboxylic acids is 1. The van der Waals surface area contributed by atoms with Gasteiger partial charge in [0.05, 0.1) is 23.1 Å². The third-order valence-electron chi connectivity index (χ3n) is 5.08. The molecule has 1 aliphatic rings. The van der Waals surface area contributed by atoms with E-state index in [1.54, 1.807) is 36.7 Å². The van der Waals surface area contributed by atoms with E-state index in [4.69, 9.17) is 0 Å². The summed E-state index contributed by atoms with van der Waals surface area (Å²) in [6, 6.07) is 6.79. The third kappa shape index (κ3) is 4.55. The zero-order chi connectivity index (χ0) is 20.3. The van der Waals surface area contributed by atoms with Crippen molar-refractivity contribution in [1.82, 2.24) is 14.9 Å². The van der Waals surface area contributed by atoms with Crippen LogP contribution in [0.1, 0.15) is 49.7 Å². The SMILES string of the molecule is CC(C)(C)C(=O)N1CCC[C@@H](Cc2cnc(-c3ccccc3C(=O)O)cn2)C1. The number of hydrogen-bond donors (Lipinski definition) is 1. The second-order valence-corrected chi connectivity index (χ2v) is 8.46. The van der Waals surface area contributed by atoms with E-state index in [9.17, 15) is 14.7 Å².